The zero-order valence-electron chi connectivity index (χ0n) is 5.89. The van der Waals surface area contributed by atoms with E-state index in [4.69, 9.17) is 0 Å². The summed E-state index contributed by atoms with van der Waals surface area (Å²) in [6, 6.07) is 0. The zero-order chi connectivity index (χ0) is 6.15. The molecule has 1 atom stereocenters. The summed E-state index contributed by atoms with van der Waals surface area (Å²) in [6.45, 7) is 5.81. The first kappa shape index (κ1) is 5.80. The van der Waals surface area contributed by atoms with Crippen LogP contribution in [0.1, 0.15) is 13.8 Å². The van der Waals surface area contributed by atoms with E-state index in [9.17, 15) is 0 Å². The number of nitrogens with zero attached hydrogens (tertiary/aromatic N) is 1. The van der Waals surface area contributed by atoms with Crippen LogP contribution in [0.4, 0.5) is 0 Å². The molecule has 0 saturated carbocycles. The lowest BCUT2D eigenvalue weighted by atomic mass is 9.93. The monoisotopic (exact) mass is 112 g/mol. The van der Waals surface area contributed by atoms with E-state index in [1.807, 2.05) is 0 Å². The fraction of sp³-hybridized carbons (Fsp3) is 0.857. The van der Waals surface area contributed by atoms with Gasteiger partial charge >= 0.3 is 0 Å². The molecule has 1 aliphatic heterocycles. The van der Waals surface area contributed by atoms with E-state index < -0.39 is 0 Å². The van der Waals surface area contributed by atoms with Crippen molar-refractivity contribution in [1.82, 2.24) is 0 Å². The van der Waals surface area contributed by atoms with Gasteiger partial charge in [-0.05, 0) is 5.92 Å². The Hall–Kier alpha value is -0.330. The highest BCUT2D eigenvalue weighted by Gasteiger charge is 2.26. The van der Waals surface area contributed by atoms with Crippen molar-refractivity contribution >= 4 is 6.21 Å². The lowest BCUT2D eigenvalue weighted by molar-refractivity contribution is -0.530. The molecule has 0 fully saturated rings. The van der Waals surface area contributed by atoms with Crippen molar-refractivity contribution in [2.75, 3.05) is 13.6 Å². The van der Waals surface area contributed by atoms with Crippen molar-refractivity contribution in [3.63, 3.8) is 0 Å². The van der Waals surface area contributed by atoms with E-state index in [2.05, 4.69) is 31.7 Å². The fourth-order valence-corrected chi connectivity index (χ4v) is 1.01. The van der Waals surface area contributed by atoms with Gasteiger partial charge in [0, 0.05) is 0 Å². The molecule has 1 aliphatic rings. The van der Waals surface area contributed by atoms with Crippen molar-refractivity contribution < 1.29 is 4.58 Å². The lowest BCUT2D eigenvalue weighted by Crippen LogP contribution is -2.35. The fourth-order valence-electron chi connectivity index (χ4n) is 1.01. The number of hydrogen-bond acceptors (Lipinski definition) is 0. The third-order valence-electron chi connectivity index (χ3n) is 1.80. The Morgan fingerprint density at radius 2 is 2.12 bits per heavy atom. The number of rotatable bonds is 1. The molecule has 0 radical (unpaired) electrons. The highest BCUT2D eigenvalue weighted by molar-refractivity contribution is 5.59. The third-order valence-corrected chi connectivity index (χ3v) is 1.80. The molecule has 1 rings (SSSR count). The molecule has 8 heavy (non-hydrogen) atoms. The van der Waals surface area contributed by atoms with Gasteiger partial charge < -0.3 is 0 Å². The van der Waals surface area contributed by atoms with Crippen LogP contribution in [0.25, 0.3) is 0 Å². The Morgan fingerprint density at radius 3 is 2.25 bits per heavy atom. The summed E-state index contributed by atoms with van der Waals surface area (Å²) in [5.74, 6) is 1.70. The summed E-state index contributed by atoms with van der Waals surface area (Å²) in [4.78, 5) is 0. The molecular formula is C7H14N+. The van der Waals surface area contributed by atoms with Crippen LogP contribution in [-0.4, -0.2) is 24.4 Å². The van der Waals surface area contributed by atoms with Crippen molar-refractivity contribution in [2.24, 2.45) is 11.8 Å². The molecule has 0 spiro atoms. The molecule has 0 bridgehead atoms. The maximum absolute atomic E-state index is 2.30. The van der Waals surface area contributed by atoms with Crippen molar-refractivity contribution in [2.45, 2.75) is 13.8 Å². The molecule has 0 aromatic heterocycles. The van der Waals surface area contributed by atoms with E-state index in [0.717, 1.165) is 11.8 Å². The van der Waals surface area contributed by atoms with Gasteiger partial charge in [-0.1, -0.05) is 13.8 Å². The SMILES string of the molecule is CC(C)C1C=[N+](C)C1. The zero-order valence-corrected chi connectivity index (χ0v) is 5.89. The molecule has 0 aliphatic carbocycles. The van der Waals surface area contributed by atoms with Crippen molar-refractivity contribution in [3.05, 3.63) is 0 Å². The Labute approximate surface area is 51.0 Å². The van der Waals surface area contributed by atoms with Crippen LogP contribution in [-0.2, 0) is 0 Å². The first-order valence-electron chi connectivity index (χ1n) is 3.25. The maximum atomic E-state index is 2.30. The van der Waals surface area contributed by atoms with Gasteiger partial charge in [-0.2, -0.15) is 0 Å². The second-order valence-corrected chi connectivity index (χ2v) is 3.00. The van der Waals surface area contributed by atoms with Crippen LogP contribution < -0.4 is 0 Å². The van der Waals surface area contributed by atoms with E-state index in [-0.39, 0.29) is 0 Å². The van der Waals surface area contributed by atoms with Gasteiger partial charge in [0.05, 0.1) is 5.92 Å². The van der Waals surface area contributed by atoms with Crippen molar-refractivity contribution in [1.29, 1.82) is 0 Å². The molecular weight excluding hydrogens is 98.1 g/mol. The Morgan fingerprint density at radius 1 is 1.62 bits per heavy atom. The summed E-state index contributed by atoms with van der Waals surface area (Å²) >= 11 is 0. The molecule has 46 valence electrons. The number of hydrogen-bond donors (Lipinski definition) is 0. The molecule has 0 aromatic carbocycles. The molecule has 0 amide bonds. The smallest absolute Gasteiger partial charge is 0.154 e. The van der Waals surface area contributed by atoms with Crippen LogP contribution in [0.5, 0.6) is 0 Å². The Kier molecular flexibility index (Phi) is 1.37. The average Bonchev–Trinajstić information content (AvgIpc) is 1.57. The molecule has 1 heterocycles. The van der Waals surface area contributed by atoms with Gasteiger partial charge in [0.2, 0.25) is 0 Å². The molecule has 0 aromatic rings. The third kappa shape index (κ3) is 0.908. The summed E-state index contributed by atoms with van der Waals surface area (Å²) in [6.07, 6.45) is 2.30. The van der Waals surface area contributed by atoms with Gasteiger partial charge in [0.15, 0.2) is 6.54 Å². The predicted molar refractivity (Wildman–Crippen MR) is 35.4 cm³/mol. The minimum Gasteiger partial charge on any atom is -0.241 e. The summed E-state index contributed by atoms with van der Waals surface area (Å²) in [5, 5.41) is 0. The second-order valence-electron chi connectivity index (χ2n) is 3.00. The molecule has 1 unspecified atom stereocenters. The van der Waals surface area contributed by atoms with Gasteiger partial charge in [-0.15, -0.1) is 0 Å². The average molecular weight is 112 g/mol. The first-order valence-corrected chi connectivity index (χ1v) is 3.25. The van der Waals surface area contributed by atoms with Crippen LogP contribution in [0.3, 0.4) is 0 Å². The summed E-state index contributed by atoms with van der Waals surface area (Å²) in [5.41, 5.74) is 0. The Bertz CT molecular complexity index is 114. The van der Waals surface area contributed by atoms with Crippen molar-refractivity contribution in [3.8, 4) is 0 Å². The van der Waals surface area contributed by atoms with E-state index >= 15 is 0 Å². The van der Waals surface area contributed by atoms with Crippen LogP contribution in [0.2, 0.25) is 0 Å². The van der Waals surface area contributed by atoms with Crippen LogP contribution >= 0.6 is 0 Å². The maximum Gasteiger partial charge on any atom is 0.154 e. The van der Waals surface area contributed by atoms with Gasteiger partial charge in [0.1, 0.15) is 13.3 Å². The largest absolute Gasteiger partial charge is 0.241 e. The molecule has 0 saturated heterocycles. The van der Waals surface area contributed by atoms with Crippen LogP contribution in [0.15, 0.2) is 0 Å². The second kappa shape index (κ2) is 1.88. The van der Waals surface area contributed by atoms with E-state index in [0.29, 0.717) is 0 Å². The topological polar surface area (TPSA) is 3.01 Å². The highest BCUT2D eigenvalue weighted by Crippen LogP contribution is 2.13. The molecule has 0 N–H and O–H groups in total. The minimum absolute atomic E-state index is 0.839. The van der Waals surface area contributed by atoms with Gasteiger partial charge in [-0.25, -0.2) is 4.58 Å². The van der Waals surface area contributed by atoms with Gasteiger partial charge in [-0.3, -0.25) is 0 Å². The van der Waals surface area contributed by atoms with E-state index in [1.165, 1.54) is 6.54 Å². The lowest BCUT2D eigenvalue weighted by Gasteiger charge is -2.19. The summed E-state index contributed by atoms with van der Waals surface area (Å²) < 4.78 is 2.24. The summed E-state index contributed by atoms with van der Waals surface area (Å²) in [7, 11) is 2.12. The quantitative estimate of drug-likeness (QED) is 0.445. The molecule has 1 heteroatoms. The first-order chi connectivity index (χ1) is 3.70. The predicted octanol–water partition coefficient (Wildman–Crippen LogP) is 0.985. The molecule has 1 nitrogen and oxygen atoms in total. The minimum atomic E-state index is 0.839. The highest BCUT2D eigenvalue weighted by atomic mass is 15.0. The standard InChI is InChI=1S/C7H14N/c1-6(2)7-4-8(3)5-7/h4,6-7H,5H2,1-3H3/q+1. The van der Waals surface area contributed by atoms with E-state index in [1.54, 1.807) is 0 Å². The Balaban J connectivity index is 2.36. The van der Waals surface area contributed by atoms with Gasteiger partial charge in [0.25, 0.3) is 0 Å². The van der Waals surface area contributed by atoms with Crippen LogP contribution in [0, 0.1) is 11.8 Å². The normalized spacial score (nSPS) is 27.5.